The van der Waals surface area contributed by atoms with Gasteiger partial charge in [0.15, 0.2) is 0 Å². The zero-order chi connectivity index (χ0) is 14.4. The van der Waals surface area contributed by atoms with E-state index in [4.69, 9.17) is 9.47 Å². The van der Waals surface area contributed by atoms with Gasteiger partial charge in [-0.3, -0.25) is 4.79 Å². The third-order valence-electron chi connectivity index (χ3n) is 3.29. The summed E-state index contributed by atoms with van der Waals surface area (Å²) in [5, 5.41) is 2.81. The molecule has 1 aromatic rings. The molecule has 0 spiro atoms. The second-order valence-electron chi connectivity index (χ2n) is 4.85. The van der Waals surface area contributed by atoms with Crippen molar-refractivity contribution < 1.29 is 14.3 Å². The molecule has 1 atom stereocenters. The molecule has 1 heterocycles. The number of rotatable bonds is 5. The van der Waals surface area contributed by atoms with Gasteiger partial charge in [-0.25, -0.2) is 0 Å². The molecule has 20 heavy (non-hydrogen) atoms. The number of hydrogen-bond donors (Lipinski definition) is 1. The van der Waals surface area contributed by atoms with E-state index in [2.05, 4.69) is 17.1 Å². The fraction of sp³-hybridized carbons (Fsp3) is 0.533. The Hall–Kier alpha value is -1.59. The van der Waals surface area contributed by atoms with Crippen LogP contribution in [-0.2, 0) is 14.3 Å². The maximum atomic E-state index is 11.5. The van der Waals surface area contributed by atoms with Crippen LogP contribution in [0.1, 0.15) is 13.8 Å². The van der Waals surface area contributed by atoms with Gasteiger partial charge >= 0.3 is 0 Å². The summed E-state index contributed by atoms with van der Waals surface area (Å²) in [5.74, 6) is -0.126. The molecule has 0 bridgehead atoms. The SMILES string of the molecule is CCOCC(=O)Nc1ccc(N2CCOCC2C)cc1. The van der Waals surface area contributed by atoms with Crippen molar-refractivity contribution in [3.05, 3.63) is 24.3 Å². The van der Waals surface area contributed by atoms with Gasteiger partial charge in [-0.15, -0.1) is 0 Å². The van der Waals surface area contributed by atoms with Gasteiger partial charge < -0.3 is 19.7 Å². The first-order valence-electron chi connectivity index (χ1n) is 7.02. The highest BCUT2D eigenvalue weighted by Gasteiger charge is 2.18. The number of amides is 1. The Balaban J connectivity index is 1.93. The lowest BCUT2D eigenvalue weighted by molar-refractivity contribution is -0.120. The van der Waals surface area contributed by atoms with Crippen LogP contribution < -0.4 is 10.2 Å². The van der Waals surface area contributed by atoms with Crippen LogP contribution in [0.2, 0.25) is 0 Å². The van der Waals surface area contributed by atoms with E-state index in [1.54, 1.807) is 0 Å². The zero-order valence-electron chi connectivity index (χ0n) is 12.1. The number of carbonyl (C=O) groups is 1. The monoisotopic (exact) mass is 278 g/mol. The molecule has 1 fully saturated rings. The topological polar surface area (TPSA) is 50.8 Å². The zero-order valence-corrected chi connectivity index (χ0v) is 12.1. The van der Waals surface area contributed by atoms with Gasteiger partial charge in [-0.05, 0) is 38.1 Å². The third-order valence-corrected chi connectivity index (χ3v) is 3.29. The predicted octanol–water partition coefficient (Wildman–Crippen LogP) is 1.89. The van der Waals surface area contributed by atoms with Crippen molar-refractivity contribution in [1.82, 2.24) is 0 Å². The van der Waals surface area contributed by atoms with E-state index >= 15 is 0 Å². The van der Waals surface area contributed by atoms with E-state index in [9.17, 15) is 4.79 Å². The van der Waals surface area contributed by atoms with Gasteiger partial charge in [0.05, 0.1) is 13.2 Å². The van der Waals surface area contributed by atoms with E-state index in [1.807, 2.05) is 31.2 Å². The summed E-state index contributed by atoms with van der Waals surface area (Å²) >= 11 is 0. The van der Waals surface area contributed by atoms with E-state index in [-0.39, 0.29) is 12.5 Å². The van der Waals surface area contributed by atoms with Crippen molar-refractivity contribution >= 4 is 17.3 Å². The van der Waals surface area contributed by atoms with Crippen molar-refractivity contribution in [2.24, 2.45) is 0 Å². The van der Waals surface area contributed by atoms with Crippen molar-refractivity contribution in [2.45, 2.75) is 19.9 Å². The van der Waals surface area contributed by atoms with Crippen molar-refractivity contribution in [2.75, 3.05) is 43.2 Å². The van der Waals surface area contributed by atoms with Crippen LogP contribution >= 0.6 is 0 Å². The number of ether oxygens (including phenoxy) is 2. The third kappa shape index (κ3) is 3.95. The minimum Gasteiger partial charge on any atom is -0.377 e. The van der Waals surface area contributed by atoms with Crippen LogP contribution in [0.4, 0.5) is 11.4 Å². The number of anilines is 2. The smallest absolute Gasteiger partial charge is 0.250 e. The first-order chi connectivity index (χ1) is 9.70. The first-order valence-corrected chi connectivity index (χ1v) is 7.02. The summed E-state index contributed by atoms with van der Waals surface area (Å²) in [6, 6.07) is 8.26. The minimum absolute atomic E-state index is 0.0960. The quantitative estimate of drug-likeness (QED) is 0.893. The van der Waals surface area contributed by atoms with Crippen LogP contribution in [-0.4, -0.2) is 44.9 Å². The Morgan fingerprint density at radius 2 is 2.20 bits per heavy atom. The Morgan fingerprint density at radius 1 is 1.45 bits per heavy atom. The minimum atomic E-state index is -0.126. The van der Waals surface area contributed by atoms with Crippen LogP contribution in [0.15, 0.2) is 24.3 Å². The first kappa shape index (κ1) is 14.8. The van der Waals surface area contributed by atoms with E-state index in [1.165, 1.54) is 0 Å². The average Bonchev–Trinajstić information content (AvgIpc) is 2.47. The summed E-state index contributed by atoms with van der Waals surface area (Å²) in [6.45, 7) is 7.07. The molecule has 0 aromatic heterocycles. The fourth-order valence-electron chi connectivity index (χ4n) is 2.24. The lowest BCUT2D eigenvalue weighted by atomic mass is 10.2. The number of morpholine rings is 1. The highest BCUT2D eigenvalue weighted by atomic mass is 16.5. The van der Waals surface area contributed by atoms with Crippen LogP contribution in [0, 0.1) is 0 Å². The number of hydrogen-bond acceptors (Lipinski definition) is 4. The molecule has 0 aliphatic carbocycles. The molecule has 1 aliphatic rings. The predicted molar refractivity (Wildman–Crippen MR) is 79.2 cm³/mol. The van der Waals surface area contributed by atoms with Gasteiger partial charge in [0.1, 0.15) is 6.61 Å². The molecule has 1 N–H and O–H groups in total. The number of carbonyl (C=O) groups excluding carboxylic acids is 1. The van der Waals surface area contributed by atoms with Crippen LogP contribution in [0.3, 0.4) is 0 Å². The second kappa shape index (κ2) is 7.26. The summed E-state index contributed by atoms with van der Waals surface area (Å²) < 4.78 is 10.5. The molecular weight excluding hydrogens is 256 g/mol. The maximum Gasteiger partial charge on any atom is 0.250 e. The van der Waals surface area contributed by atoms with E-state index < -0.39 is 0 Å². The molecule has 110 valence electrons. The molecule has 0 radical (unpaired) electrons. The van der Waals surface area contributed by atoms with Crippen molar-refractivity contribution in [3.63, 3.8) is 0 Å². The van der Waals surface area contributed by atoms with E-state index in [0.717, 1.165) is 31.1 Å². The lowest BCUT2D eigenvalue weighted by Gasteiger charge is -2.35. The fourth-order valence-corrected chi connectivity index (χ4v) is 2.24. The Bertz CT molecular complexity index is 433. The standard InChI is InChI=1S/C15H22N2O3/c1-3-19-11-15(18)16-13-4-6-14(7-5-13)17-8-9-20-10-12(17)2/h4-7,12H,3,8-11H2,1-2H3,(H,16,18). The molecule has 1 saturated heterocycles. The van der Waals surface area contributed by atoms with Gasteiger partial charge in [0.2, 0.25) is 5.91 Å². The average molecular weight is 278 g/mol. The Labute approximate surface area is 119 Å². The molecule has 2 rings (SSSR count). The summed E-state index contributed by atoms with van der Waals surface area (Å²) in [7, 11) is 0. The lowest BCUT2D eigenvalue weighted by Crippen LogP contribution is -2.43. The highest BCUT2D eigenvalue weighted by molar-refractivity contribution is 5.91. The van der Waals surface area contributed by atoms with Crippen molar-refractivity contribution in [1.29, 1.82) is 0 Å². The number of nitrogens with one attached hydrogen (secondary N) is 1. The second-order valence-corrected chi connectivity index (χ2v) is 4.85. The summed E-state index contributed by atoms with van der Waals surface area (Å²) in [4.78, 5) is 13.9. The molecule has 1 amide bonds. The largest absolute Gasteiger partial charge is 0.377 e. The number of benzene rings is 1. The van der Waals surface area contributed by atoms with Gasteiger partial charge in [0.25, 0.3) is 0 Å². The normalized spacial score (nSPS) is 18.9. The molecule has 5 heteroatoms. The molecule has 1 unspecified atom stereocenters. The molecule has 1 aliphatic heterocycles. The van der Waals surface area contributed by atoms with E-state index in [0.29, 0.717) is 12.6 Å². The van der Waals surface area contributed by atoms with Crippen LogP contribution in [0.25, 0.3) is 0 Å². The van der Waals surface area contributed by atoms with Gasteiger partial charge in [-0.2, -0.15) is 0 Å². The molecule has 5 nitrogen and oxygen atoms in total. The summed E-state index contributed by atoms with van der Waals surface area (Å²) in [5.41, 5.74) is 1.95. The number of nitrogens with zero attached hydrogens (tertiary/aromatic N) is 1. The summed E-state index contributed by atoms with van der Waals surface area (Å²) in [6.07, 6.45) is 0. The van der Waals surface area contributed by atoms with Crippen LogP contribution in [0.5, 0.6) is 0 Å². The molecule has 0 saturated carbocycles. The molecular formula is C15H22N2O3. The molecule has 1 aromatic carbocycles. The van der Waals surface area contributed by atoms with Gasteiger partial charge in [0, 0.05) is 30.6 Å². The van der Waals surface area contributed by atoms with Crippen molar-refractivity contribution in [3.8, 4) is 0 Å². The highest BCUT2D eigenvalue weighted by Crippen LogP contribution is 2.21. The Morgan fingerprint density at radius 3 is 2.85 bits per heavy atom. The Kier molecular flexibility index (Phi) is 5.38. The van der Waals surface area contributed by atoms with Gasteiger partial charge in [-0.1, -0.05) is 0 Å². The maximum absolute atomic E-state index is 11.5.